The molecule has 0 aliphatic carbocycles. The minimum atomic E-state index is -0.235. The van der Waals surface area contributed by atoms with Crippen LogP contribution >= 0.6 is 0 Å². The van der Waals surface area contributed by atoms with Crippen molar-refractivity contribution in [3.63, 3.8) is 0 Å². The van der Waals surface area contributed by atoms with Crippen molar-refractivity contribution in [2.24, 2.45) is 0 Å². The Balaban J connectivity index is 1.64. The fraction of sp³-hybridized carbons (Fsp3) is 0.222. The van der Waals surface area contributed by atoms with Crippen LogP contribution in [0.15, 0.2) is 61.2 Å². The van der Waals surface area contributed by atoms with E-state index in [9.17, 15) is 4.39 Å². The summed E-state index contributed by atoms with van der Waals surface area (Å²) in [5.41, 5.74) is 5.16. The fourth-order valence-corrected chi connectivity index (χ4v) is 2.51. The van der Waals surface area contributed by atoms with E-state index in [2.05, 4.69) is 12.1 Å². The topological polar surface area (TPSA) is 30.5 Å². The number of benzene rings is 2. The molecule has 22 heavy (non-hydrogen) atoms. The number of rotatable bonds is 5. The minimum Gasteiger partial charge on any atom is -0.490 e. The first kappa shape index (κ1) is 14.8. The van der Waals surface area contributed by atoms with E-state index in [4.69, 9.17) is 9.57 Å². The van der Waals surface area contributed by atoms with Gasteiger partial charge in [-0.2, -0.15) is 5.48 Å². The molecule has 0 aromatic heterocycles. The van der Waals surface area contributed by atoms with E-state index in [1.165, 1.54) is 12.1 Å². The lowest BCUT2D eigenvalue weighted by atomic mass is 9.98. The van der Waals surface area contributed by atoms with Gasteiger partial charge in [-0.05, 0) is 35.4 Å². The molecule has 1 fully saturated rings. The van der Waals surface area contributed by atoms with E-state index in [-0.39, 0.29) is 18.0 Å². The molecule has 1 N–H and O–H groups in total. The van der Waals surface area contributed by atoms with Gasteiger partial charge < -0.3 is 4.74 Å². The molecule has 2 aromatic carbocycles. The van der Waals surface area contributed by atoms with Gasteiger partial charge in [0.1, 0.15) is 24.3 Å². The zero-order valence-corrected chi connectivity index (χ0v) is 12.2. The second kappa shape index (κ2) is 6.73. The SMILES string of the molecule is C=CCOc1ccc(C2CC(c3ccc(F)cc3)ON2)cc1. The van der Waals surface area contributed by atoms with Crippen LogP contribution in [-0.4, -0.2) is 6.61 Å². The normalized spacial score (nSPS) is 20.8. The van der Waals surface area contributed by atoms with Gasteiger partial charge in [0.25, 0.3) is 0 Å². The van der Waals surface area contributed by atoms with E-state index in [0.29, 0.717) is 6.61 Å². The van der Waals surface area contributed by atoms with Crippen molar-refractivity contribution in [3.05, 3.63) is 78.1 Å². The molecule has 114 valence electrons. The summed E-state index contributed by atoms with van der Waals surface area (Å²) in [6.45, 7) is 4.12. The predicted molar refractivity (Wildman–Crippen MR) is 82.9 cm³/mol. The van der Waals surface area contributed by atoms with Crippen LogP contribution in [0.2, 0.25) is 0 Å². The summed E-state index contributed by atoms with van der Waals surface area (Å²) in [6.07, 6.45) is 2.45. The Bertz CT molecular complexity index is 625. The Kier molecular flexibility index (Phi) is 4.51. The van der Waals surface area contributed by atoms with E-state index in [1.807, 2.05) is 24.3 Å². The number of ether oxygens (including phenoxy) is 1. The van der Waals surface area contributed by atoms with Gasteiger partial charge in [0, 0.05) is 6.42 Å². The first-order chi connectivity index (χ1) is 10.8. The van der Waals surface area contributed by atoms with Crippen LogP contribution in [0.3, 0.4) is 0 Å². The van der Waals surface area contributed by atoms with Crippen molar-refractivity contribution in [1.29, 1.82) is 0 Å². The zero-order chi connectivity index (χ0) is 15.4. The molecule has 1 saturated heterocycles. The van der Waals surface area contributed by atoms with E-state index in [0.717, 1.165) is 23.3 Å². The lowest BCUT2D eigenvalue weighted by molar-refractivity contribution is 0.0255. The van der Waals surface area contributed by atoms with Crippen molar-refractivity contribution >= 4 is 0 Å². The Morgan fingerprint density at radius 2 is 1.82 bits per heavy atom. The Morgan fingerprint density at radius 3 is 2.50 bits per heavy atom. The molecule has 1 aliphatic heterocycles. The first-order valence-electron chi connectivity index (χ1n) is 7.26. The highest BCUT2D eigenvalue weighted by molar-refractivity contribution is 5.30. The van der Waals surface area contributed by atoms with Gasteiger partial charge in [0.2, 0.25) is 0 Å². The standard InChI is InChI=1S/C18H18FNO2/c1-2-11-21-16-9-5-13(6-10-16)17-12-18(22-20-17)14-3-7-15(19)8-4-14/h2-10,17-18,20H,1,11-12H2. The predicted octanol–water partition coefficient (Wildman–Crippen LogP) is 4.10. The molecule has 0 amide bonds. The van der Waals surface area contributed by atoms with Crippen LogP contribution in [0.4, 0.5) is 4.39 Å². The van der Waals surface area contributed by atoms with Gasteiger partial charge in [0.05, 0.1) is 6.04 Å². The second-order valence-corrected chi connectivity index (χ2v) is 5.23. The van der Waals surface area contributed by atoms with Crippen LogP contribution in [-0.2, 0) is 4.84 Å². The molecular weight excluding hydrogens is 281 g/mol. The maximum Gasteiger partial charge on any atom is 0.123 e. The van der Waals surface area contributed by atoms with Crippen molar-refractivity contribution in [1.82, 2.24) is 5.48 Å². The average molecular weight is 299 g/mol. The Morgan fingerprint density at radius 1 is 1.14 bits per heavy atom. The molecule has 1 heterocycles. The molecule has 2 aromatic rings. The van der Waals surface area contributed by atoms with Crippen LogP contribution < -0.4 is 10.2 Å². The molecule has 1 aliphatic rings. The molecule has 3 rings (SSSR count). The fourth-order valence-electron chi connectivity index (χ4n) is 2.51. The molecule has 2 unspecified atom stereocenters. The highest BCUT2D eigenvalue weighted by Crippen LogP contribution is 2.35. The number of hydroxylamine groups is 1. The van der Waals surface area contributed by atoms with Crippen molar-refractivity contribution in [3.8, 4) is 5.75 Å². The number of halogens is 1. The summed E-state index contributed by atoms with van der Waals surface area (Å²) in [6, 6.07) is 14.5. The maximum absolute atomic E-state index is 13.0. The summed E-state index contributed by atoms with van der Waals surface area (Å²) < 4.78 is 18.4. The summed E-state index contributed by atoms with van der Waals surface area (Å²) >= 11 is 0. The summed E-state index contributed by atoms with van der Waals surface area (Å²) in [5.74, 6) is 0.582. The smallest absolute Gasteiger partial charge is 0.123 e. The van der Waals surface area contributed by atoms with Crippen molar-refractivity contribution in [2.75, 3.05) is 6.61 Å². The second-order valence-electron chi connectivity index (χ2n) is 5.23. The molecule has 3 nitrogen and oxygen atoms in total. The third-order valence-electron chi connectivity index (χ3n) is 3.69. The summed E-state index contributed by atoms with van der Waals surface area (Å²) in [5, 5.41) is 0. The molecule has 0 saturated carbocycles. The van der Waals surface area contributed by atoms with Gasteiger partial charge in [-0.1, -0.05) is 36.9 Å². The largest absolute Gasteiger partial charge is 0.490 e. The van der Waals surface area contributed by atoms with Crippen LogP contribution in [0.5, 0.6) is 5.75 Å². The summed E-state index contributed by atoms with van der Waals surface area (Å²) in [7, 11) is 0. The molecule has 4 heteroatoms. The summed E-state index contributed by atoms with van der Waals surface area (Å²) in [4.78, 5) is 5.62. The molecule has 2 atom stereocenters. The molecule has 0 spiro atoms. The van der Waals surface area contributed by atoms with Crippen molar-refractivity contribution < 1.29 is 14.0 Å². The quantitative estimate of drug-likeness (QED) is 0.843. The first-order valence-corrected chi connectivity index (χ1v) is 7.26. The Labute approximate surface area is 129 Å². The van der Waals surface area contributed by atoms with Gasteiger partial charge >= 0.3 is 0 Å². The lowest BCUT2D eigenvalue weighted by Gasteiger charge is -2.10. The van der Waals surface area contributed by atoms with Crippen LogP contribution in [0, 0.1) is 5.82 Å². The maximum atomic E-state index is 13.0. The zero-order valence-electron chi connectivity index (χ0n) is 12.2. The highest BCUT2D eigenvalue weighted by Gasteiger charge is 2.27. The van der Waals surface area contributed by atoms with E-state index < -0.39 is 0 Å². The minimum absolute atomic E-state index is 0.0673. The molecular formula is C18H18FNO2. The average Bonchev–Trinajstić information content (AvgIpc) is 3.04. The third kappa shape index (κ3) is 3.35. The highest BCUT2D eigenvalue weighted by atomic mass is 19.1. The van der Waals surface area contributed by atoms with Gasteiger partial charge in [-0.3, -0.25) is 4.84 Å². The number of hydrogen-bond donors (Lipinski definition) is 1. The van der Waals surface area contributed by atoms with Crippen LogP contribution in [0.25, 0.3) is 0 Å². The number of hydrogen-bond acceptors (Lipinski definition) is 3. The lowest BCUT2D eigenvalue weighted by Crippen LogP contribution is -2.11. The van der Waals surface area contributed by atoms with Crippen LogP contribution in [0.1, 0.15) is 29.7 Å². The van der Waals surface area contributed by atoms with E-state index in [1.54, 1.807) is 18.2 Å². The van der Waals surface area contributed by atoms with Crippen molar-refractivity contribution in [2.45, 2.75) is 18.6 Å². The van der Waals surface area contributed by atoms with Gasteiger partial charge in [0.15, 0.2) is 0 Å². The Hall–Kier alpha value is -2.17. The number of nitrogens with one attached hydrogen (secondary N) is 1. The third-order valence-corrected chi connectivity index (χ3v) is 3.69. The van der Waals surface area contributed by atoms with Gasteiger partial charge in [-0.15, -0.1) is 0 Å². The van der Waals surface area contributed by atoms with E-state index >= 15 is 0 Å². The monoisotopic (exact) mass is 299 g/mol. The van der Waals surface area contributed by atoms with Gasteiger partial charge in [-0.25, -0.2) is 4.39 Å². The molecule has 0 radical (unpaired) electrons. The molecule has 0 bridgehead atoms.